The number of nitrogens with one attached hydrogen (secondary N) is 2. The first-order chi connectivity index (χ1) is 20.2. The number of alkyl carbamates (subject to hydrolysis) is 1. The second kappa shape index (κ2) is 15.1. The number of hydrogen-bond acceptors (Lipinski definition) is 8. The van der Waals surface area contributed by atoms with Gasteiger partial charge in [-0.2, -0.15) is 0 Å². The highest BCUT2D eigenvalue weighted by Crippen LogP contribution is 2.31. The summed E-state index contributed by atoms with van der Waals surface area (Å²) in [5, 5.41) is 18.4. The molecule has 1 fully saturated rings. The fourth-order valence-electron chi connectivity index (χ4n) is 4.96. The van der Waals surface area contributed by atoms with Crippen LogP contribution in [-0.2, 0) is 22.6 Å². The molecule has 0 saturated carbocycles. The molecule has 2 heterocycles. The molecule has 1 aliphatic rings. The number of amides is 2. The Balaban J connectivity index is 1.46. The number of hydrogen-bond donors (Lipinski definition) is 3. The smallest absolute Gasteiger partial charge is 0.407 e. The molecule has 1 aromatic heterocycles. The number of thioether (sulfide) groups is 1. The zero-order chi connectivity index (χ0) is 30.0. The monoisotopic (exact) mass is 591 g/mol. The van der Waals surface area contributed by atoms with E-state index in [9.17, 15) is 14.7 Å². The van der Waals surface area contributed by atoms with Crippen molar-refractivity contribution in [3.05, 3.63) is 90.3 Å². The molecule has 0 spiro atoms. The minimum atomic E-state index is -0.943. The summed E-state index contributed by atoms with van der Waals surface area (Å²) >= 11 is 1.58. The lowest BCUT2D eigenvalue weighted by atomic mass is 9.96. The number of rotatable bonds is 11. The molecule has 0 aliphatic carbocycles. The quantitative estimate of drug-likeness (QED) is 0.284. The van der Waals surface area contributed by atoms with Gasteiger partial charge in [0, 0.05) is 36.3 Å². The minimum Gasteiger partial charge on any atom is -0.445 e. The van der Waals surface area contributed by atoms with E-state index in [1.807, 2.05) is 86.3 Å². The van der Waals surface area contributed by atoms with Gasteiger partial charge in [0.25, 0.3) is 0 Å². The maximum atomic E-state index is 13.5. The Morgan fingerprint density at radius 1 is 1.02 bits per heavy atom. The summed E-state index contributed by atoms with van der Waals surface area (Å²) in [6.07, 6.45) is 3.71. The summed E-state index contributed by atoms with van der Waals surface area (Å²) in [4.78, 5) is 37.0. The molecule has 42 heavy (non-hydrogen) atoms. The van der Waals surface area contributed by atoms with Crippen LogP contribution in [0.5, 0.6) is 0 Å². The molecule has 4 atom stereocenters. The van der Waals surface area contributed by atoms with E-state index < -0.39 is 29.8 Å². The summed E-state index contributed by atoms with van der Waals surface area (Å²) in [6.45, 7) is 6.83. The zero-order valence-corrected chi connectivity index (χ0v) is 25.3. The van der Waals surface area contributed by atoms with Gasteiger partial charge in [-0.05, 0) is 57.2 Å². The van der Waals surface area contributed by atoms with E-state index in [-0.39, 0.29) is 24.3 Å². The summed E-state index contributed by atoms with van der Waals surface area (Å²) in [5.74, 6) is -0.0798. The number of carbonyl (C=O) groups excluding carboxylic acids is 2. The Bertz CT molecular complexity index is 1260. The second-order valence-corrected chi connectivity index (χ2v) is 12.9. The van der Waals surface area contributed by atoms with Gasteiger partial charge in [0.1, 0.15) is 6.61 Å². The molecule has 3 aromatic rings. The standard InChI is InChI=1S/C32H41N5O4S/c1-32(2,3)36-29(39)27-20-25(42-30-33-16-10-17-34-30)15-18-37(27)21-28(38)26(19-23-11-6-4-7-12-23)35-31(40)41-22-24-13-8-5-9-14-24/h4-14,16-17,25-28,38H,15,18-22H2,1-3H3,(H,35,40)(H,36,39)/t25-,26+,27+,28-/m1/s1. The molecule has 3 N–H and O–H groups in total. The Labute approximate surface area is 252 Å². The lowest BCUT2D eigenvalue weighted by Gasteiger charge is -2.41. The van der Waals surface area contributed by atoms with E-state index in [0.29, 0.717) is 24.5 Å². The number of piperidine rings is 1. The molecule has 0 bridgehead atoms. The van der Waals surface area contributed by atoms with E-state index in [1.165, 1.54) is 0 Å². The molecule has 0 radical (unpaired) electrons. The summed E-state index contributed by atoms with van der Waals surface area (Å²) in [7, 11) is 0. The largest absolute Gasteiger partial charge is 0.445 e. The first-order valence-electron chi connectivity index (χ1n) is 14.4. The first kappa shape index (κ1) is 31.5. The van der Waals surface area contributed by atoms with Crippen molar-refractivity contribution in [2.24, 2.45) is 0 Å². The summed E-state index contributed by atoms with van der Waals surface area (Å²) in [6, 6.07) is 19.9. The molecule has 1 aliphatic heterocycles. The molecular formula is C32H41N5O4S. The Morgan fingerprint density at radius 3 is 2.31 bits per heavy atom. The van der Waals surface area contributed by atoms with Crippen molar-refractivity contribution in [1.82, 2.24) is 25.5 Å². The van der Waals surface area contributed by atoms with Gasteiger partial charge in [0.05, 0.1) is 18.2 Å². The molecule has 10 heteroatoms. The lowest BCUT2D eigenvalue weighted by Crippen LogP contribution is -2.58. The van der Waals surface area contributed by atoms with Gasteiger partial charge < -0.3 is 20.5 Å². The summed E-state index contributed by atoms with van der Waals surface area (Å²) < 4.78 is 5.47. The van der Waals surface area contributed by atoms with Crippen LogP contribution in [0.2, 0.25) is 0 Å². The Kier molecular flexibility index (Phi) is 11.3. The molecular weight excluding hydrogens is 550 g/mol. The number of ether oxygens (including phenoxy) is 1. The third-order valence-corrected chi connectivity index (χ3v) is 8.16. The molecule has 4 rings (SSSR count). The van der Waals surface area contributed by atoms with Gasteiger partial charge in [-0.1, -0.05) is 72.4 Å². The number of aromatic nitrogens is 2. The third kappa shape index (κ3) is 10.1. The average Bonchev–Trinajstić information content (AvgIpc) is 2.97. The lowest BCUT2D eigenvalue weighted by molar-refractivity contribution is -0.129. The fourth-order valence-corrected chi connectivity index (χ4v) is 6.01. The van der Waals surface area contributed by atoms with Gasteiger partial charge in [0.15, 0.2) is 5.16 Å². The highest BCUT2D eigenvalue weighted by molar-refractivity contribution is 7.99. The van der Waals surface area contributed by atoms with E-state index in [2.05, 4.69) is 20.6 Å². The van der Waals surface area contributed by atoms with E-state index in [0.717, 1.165) is 17.5 Å². The van der Waals surface area contributed by atoms with Crippen molar-refractivity contribution in [3.63, 3.8) is 0 Å². The van der Waals surface area contributed by atoms with Crippen molar-refractivity contribution in [2.75, 3.05) is 13.1 Å². The maximum Gasteiger partial charge on any atom is 0.407 e. The molecule has 224 valence electrons. The van der Waals surface area contributed by atoms with E-state index >= 15 is 0 Å². The van der Waals surface area contributed by atoms with Crippen LogP contribution in [0.25, 0.3) is 0 Å². The van der Waals surface area contributed by atoms with Crippen LogP contribution in [-0.4, -0.2) is 74.0 Å². The van der Waals surface area contributed by atoms with E-state index in [4.69, 9.17) is 4.74 Å². The van der Waals surface area contributed by atoms with Gasteiger partial charge >= 0.3 is 6.09 Å². The van der Waals surface area contributed by atoms with Crippen LogP contribution in [0.15, 0.2) is 84.3 Å². The average molecular weight is 592 g/mol. The molecule has 2 aromatic carbocycles. The Hall–Kier alpha value is -3.47. The number of likely N-dealkylation sites (tertiary alicyclic amines) is 1. The van der Waals surface area contributed by atoms with Gasteiger partial charge in [0.2, 0.25) is 5.91 Å². The molecule has 9 nitrogen and oxygen atoms in total. The fraction of sp³-hybridized carbons (Fsp3) is 0.438. The van der Waals surface area contributed by atoms with Gasteiger partial charge in [-0.15, -0.1) is 0 Å². The number of carbonyl (C=O) groups is 2. The number of β-amino-alcohol motifs (C(OH)–C–C–N with tert-alkyl or cyclic N) is 1. The normalized spacial score (nSPS) is 19.0. The second-order valence-electron chi connectivity index (χ2n) is 11.6. The van der Waals surface area contributed by atoms with Gasteiger partial charge in [-0.25, -0.2) is 14.8 Å². The van der Waals surface area contributed by atoms with Crippen molar-refractivity contribution >= 4 is 23.8 Å². The van der Waals surface area contributed by atoms with Crippen LogP contribution in [0.1, 0.15) is 44.7 Å². The van der Waals surface area contributed by atoms with Crippen LogP contribution in [0.3, 0.4) is 0 Å². The highest BCUT2D eigenvalue weighted by Gasteiger charge is 2.37. The van der Waals surface area contributed by atoms with Crippen LogP contribution < -0.4 is 10.6 Å². The Morgan fingerprint density at radius 2 is 1.67 bits per heavy atom. The van der Waals surface area contributed by atoms with Gasteiger partial charge in [-0.3, -0.25) is 9.69 Å². The molecule has 2 amide bonds. The number of aliphatic hydroxyl groups excluding tert-OH is 1. The van der Waals surface area contributed by atoms with Crippen LogP contribution >= 0.6 is 11.8 Å². The predicted octanol–water partition coefficient (Wildman–Crippen LogP) is 4.22. The van der Waals surface area contributed by atoms with Crippen LogP contribution in [0, 0.1) is 0 Å². The van der Waals surface area contributed by atoms with Crippen molar-refractivity contribution < 1.29 is 19.4 Å². The van der Waals surface area contributed by atoms with Crippen molar-refractivity contribution in [3.8, 4) is 0 Å². The van der Waals surface area contributed by atoms with E-state index in [1.54, 1.807) is 30.2 Å². The summed E-state index contributed by atoms with van der Waals surface area (Å²) in [5.41, 5.74) is 1.45. The SMILES string of the molecule is CC(C)(C)NC(=O)[C@@H]1C[C@H](Sc2ncccn2)CCN1C[C@@H](O)[C@H](Cc1ccccc1)NC(=O)OCc1ccccc1. The number of aliphatic hydroxyl groups is 1. The van der Waals surface area contributed by atoms with Crippen molar-refractivity contribution in [1.29, 1.82) is 0 Å². The zero-order valence-electron chi connectivity index (χ0n) is 24.5. The topological polar surface area (TPSA) is 117 Å². The molecule has 1 saturated heterocycles. The molecule has 0 unspecified atom stereocenters. The predicted molar refractivity (Wildman–Crippen MR) is 164 cm³/mol. The minimum absolute atomic E-state index is 0.0798. The maximum absolute atomic E-state index is 13.5. The number of benzene rings is 2. The third-order valence-electron chi connectivity index (χ3n) is 6.98. The first-order valence-corrected chi connectivity index (χ1v) is 15.2. The highest BCUT2D eigenvalue weighted by atomic mass is 32.2. The number of nitrogens with zero attached hydrogens (tertiary/aromatic N) is 3. The van der Waals surface area contributed by atoms with Crippen LogP contribution in [0.4, 0.5) is 4.79 Å². The van der Waals surface area contributed by atoms with Crippen molar-refractivity contribution in [2.45, 2.75) is 80.8 Å².